The molecule has 20 heavy (non-hydrogen) atoms. The first-order valence-electron chi connectivity index (χ1n) is 7.05. The number of nitrogens with two attached hydrogens (primary N) is 1. The van der Waals surface area contributed by atoms with Crippen molar-refractivity contribution in [2.45, 2.75) is 31.2 Å². The molecule has 0 heterocycles. The summed E-state index contributed by atoms with van der Waals surface area (Å²) in [5.74, 6) is 0.670. The highest BCUT2D eigenvalue weighted by Gasteiger charge is 2.33. The van der Waals surface area contributed by atoms with Crippen LogP contribution in [0.4, 0.5) is 0 Å². The average Bonchev–Trinajstić information content (AvgIpc) is 2.94. The fraction of sp³-hybridized carbons (Fsp3) is 0.438. The van der Waals surface area contributed by atoms with Gasteiger partial charge in [0, 0.05) is 12.1 Å². The van der Waals surface area contributed by atoms with Crippen LogP contribution in [0.1, 0.15) is 36.0 Å². The maximum absolute atomic E-state index is 12.3. The van der Waals surface area contributed by atoms with Gasteiger partial charge in [-0.1, -0.05) is 25.5 Å². The molecule has 2 rings (SSSR count). The molecule has 0 unspecified atom stereocenters. The monoisotopic (exact) mass is 274 g/mol. The van der Waals surface area contributed by atoms with Crippen LogP contribution < -0.4 is 15.8 Å². The number of carbonyl (C=O) groups is 1. The molecule has 1 aromatic carbocycles. The predicted octanol–water partition coefficient (Wildman–Crippen LogP) is 2.25. The number of amides is 1. The van der Waals surface area contributed by atoms with Gasteiger partial charge in [-0.05, 0) is 37.1 Å². The van der Waals surface area contributed by atoms with Crippen molar-refractivity contribution in [1.29, 1.82) is 0 Å². The topological polar surface area (TPSA) is 64.3 Å². The summed E-state index contributed by atoms with van der Waals surface area (Å²) in [4.78, 5) is 12.3. The molecule has 0 bridgehead atoms. The van der Waals surface area contributed by atoms with Crippen molar-refractivity contribution < 1.29 is 9.53 Å². The summed E-state index contributed by atoms with van der Waals surface area (Å²) < 4.78 is 5.39. The van der Waals surface area contributed by atoms with E-state index in [1.165, 1.54) is 0 Å². The molecular weight excluding hydrogens is 252 g/mol. The first-order valence-corrected chi connectivity index (χ1v) is 7.05. The van der Waals surface area contributed by atoms with Crippen molar-refractivity contribution in [3.63, 3.8) is 0 Å². The SMILES string of the molecule is C=CCOc1ccc(C(=O)NC2(CN)CCCC2)cc1. The van der Waals surface area contributed by atoms with Gasteiger partial charge in [0.05, 0.1) is 5.54 Å². The lowest BCUT2D eigenvalue weighted by molar-refractivity contribution is 0.0903. The molecule has 1 fully saturated rings. The zero-order valence-electron chi connectivity index (χ0n) is 11.7. The van der Waals surface area contributed by atoms with E-state index >= 15 is 0 Å². The Balaban J connectivity index is 2.00. The highest BCUT2D eigenvalue weighted by molar-refractivity contribution is 5.94. The van der Waals surface area contributed by atoms with Crippen molar-refractivity contribution in [3.05, 3.63) is 42.5 Å². The maximum atomic E-state index is 12.3. The number of hydrogen-bond donors (Lipinski definition) is 2. The minimum absolute atomic E-state index is 0.0624. The molecule has 4 nitrogen and oxygen atoms in total. The third-order valence-electron chi connectivity index (χ3n) is 3.81. The minimum atomic E-state index is -0.213. The quantitative estimate of drug-likeness (QED) is 0.782. The van der Waals surface area contributed by atoms with E-state index in [9.17, 15) is 4.79 Å². The Morgan fingerprint density at radius 1 is 1.35 bits per heavy atom. The van der Waals surface area contributed by atoms with Gasteiger partial charge in [0.1, 0.15) is 12.4 Å². The number of carbonyl (C=O) groups excluding carboxylic acids is 1. The van der Waals surface area contributed by atoms with Crippen molar-refractivity contribution >= 4 is 5.91 Å². The number of ether oxygens (including phenoxy) is 1. The highest BCUT2D eigenvalue weighted by Crippen LogP contribution is 2.29. The zero-order chi connectivity index (χ0) is 14.4. The van der Waals surface area contributed by atoms with E-state index in [1.54, 1.807) is 30.3 Å². The van der Waals surface area contributed by atoms with Crippen LogP contribution in [0.25, 0.3) is 0 Å². The van der Waals surface area contributed by atoms with Crippen LogP contribution in [0.15, 0.2) is 36.9 Å². The Labute approximate surface area is 120 Å². The van der Waals surface area contributed by atoms with E-state index in [0.717, 1.165) is 31.4 Å². The van der Waals surface area contributed by atoms with Crippen LogP contribution in [0, 0.1) is 0 Å². The summed E-state index contributed by atoms with van der Waals surface area (Å²) in [7, 11) is 0. The van der Waals surface area contributed by atoms with Crippen molar-refractivity contribution in [2.75, 3.05) is 13.2 Å². The van der Waals surface area contributed by atoms with E-state index in [-0.39, 0.29) is 11.4 Å². The van der Waals surface area contributed by atoms with Crippen LogP contribution in [0.2, 0.25) is 0 Å². The van der Waals surface area contributed by atoms with E-state index < -0.39 is 0 Å². The third-order valence-corrected chi connectivity index (χ3v) is 3.81. The van der Waals surface area contributed by atoms with Crippen LogP contribution in [0.5, 0.6) is 5.75 Å². The second-order valence-electron chi connectivity index (χ2n) is 5.27. The maximum Gasteiger partial charge on any atom is 0.251 e. The summed E-state index contributed by atoms with van der Waals surface area (Å²) >= 11 is 0. The molecule has 0 radical (unpaired) electrons. The fourth-order valence-electron chi connectivity index (χ4n) is 2.60. The van der Waals surface area contributed by atoms with Crippen LogP contribution in [-0.2, 0) is 0 Å². The number of rotatable bonds is 6. The molecule has 0 spiro atoms. The predicted molar refractivity (Wildman–Crippen MR) is 79.9 cm³/mol. The first kappa shape index (κ1) is 14.6. The molecule has 1 aliphatic rings. The second kappa shape index (κ2) is 6.57. The fourth-order valence-corrected chi connectivity index (χ4v) is 2.60. The molecule has 1 aromatic rings. The molecule has 4 heteroatoms. The van der Waals surface area contributed by atoms with Gasteiger partial charge in [0.2, 0.25) is 0 Å². The highest BCUT2D eigenvalue weighted by atomic mass is 16.5. The summed E-state index contributed by atoms with van der Waals surface area (Å²) in [5.41, 5.74) is 6.25. The number of benzene rings is 1. The number of nitrogens with one attached hydrogen (secondary N) is 1. The smallest absolute Gasteiger partial charge is 0.251 e. The van der Waals surface area contributed by atoms with E-state index in [0.29, 0.717) is 18.7 Å². The number of hydrogen-bond acceptors (Lipinski definition) is 3. The van der Waals surface area contributed by atoms with Gasteiger partial charge in [-0.2, -0.15) is 0 Å². The molecule has 1 aliphatic carbocycles. The molecule has 0 aliphatic heterocycles. The Hall–Kier alpha value is -1.81. The Morgan fingerprint density at radius 3 is 2.55 bits per heavy atom. The average molecular weight is 274 g/mol. The van der Waals surface area contributed by atoms with E-state index in [1.807, 2.05) is 0 Å². The Morgan fingerprint density at radius 2 is 2.00 bits per heavy atom. The van der Waals surface area contributed by atoms with Gasteiger partial charge in [0.15, 0.2) is 0 Å². The summed E-state index contributed by atoms with van der Waals surface area (Å²) in [6, 6.07) is 7.13. The van der Waals surface area contributed by atoms with Gasteiger partial charge < -0.3 is 15.8 Å². The van der Waals surface area contributed by atoms with Crippen LogP contribution in [-0.4, -0.2) is 24.6 Å². The summed E-state index contributed by atoms with van der Waals surface area (Å²) in [5, 5.41) is 3.10. The normalized spacial score (nSPS) is 16.6. The molecule has 0 saturated heterocycles. The van der Waals surface area contributed by atoms with Crippen molar-refractivity contribution in [2.24, 2.45) is 5.73 Å². The molecular formula is C16H22N2O2. The third kappa shape index (κ3) is 3.39. The zero-order valence-corrected chi connectivity index (χ0v) is 11.7. The molecule has 108 valence electrons. The Bertz CT molecular complexity index is 462. The minimum Gasteiger partial charge on any atom is -0.490 e. The van der Waals surface area contributed by atoms with Gasteiger partial charge >= 0.3 is 0 Å². The van der Waals surface area contributed by atoms with Gasteiger partial charge in [-0.3, -0.25) is 4.79 Å². The molecule has 1 amide bonds. The van der Waals surface area contributed by atoms with Crippen LogP contribution >= 0.6 is 0 Å². The van der Waals surface area contributed by atoms with Gasteiger partial charge in [-0.25, -0.2) is 0 Å². The summed E-state index contributed by atoms with van der Waals surface area (Å²) in [6.07, 6.45) is 5.88. The van der Waals surface area contributed by atoms with Crippen molar-refractivity contribution in [3.8, 4) is 5.75 Å². The standard InChI is InChI=1S/C16H22N2O2/c1-2-11-20-14-7-5-13(6-8-14)15(19)18-16(12-17)9-3-4-10-16/h2,5-8H,1,3-4,9-12,17H2,(H,18,19). The summed E-state index contributed by atoms with van der Waals surface area (Å²) in [6.45, 7) is 4.55. The van der Waals surface area contributed by atoms with E-state index in [4.69, 9.17) is 10.5 Å². The van der Waals surface area contributed by atoms with Crippen LogP contribution in [0.3, 0.4) is 0 Å². The largest absolute Gasteiger partial charge is 0.490 e. The van der Waals surface area contributed by atoms with Crippen molar-refractivity contribution in [1.82, 2.24) is 5.32 Å². The molecule has 3 N–H and O–H groups in total. The van der Waals surface area contributed by atoms with Gasteiger partial charge in [0.25, 0.3) is 5.91 Å². The van der Waals surface area contributed by atoms with Gasteiger partial charge in [-0.15, -0.1) is 0 Å². The molecule has 0 atom stereocenters. The molecule has 1 saturated carbocycles. The first-order chi connectivity index (χ1) is 9.69. The lowest BCUT2D eigenvalue weighted by atomic mass is 9.97. The lowest BCUT2D eigenvalue weighted by Crippen LogP contribution is -2.51. The van der Waals surface area contributed by atoms with E-state index in [2.05, 4.69) is 11.9 Å². The lowest BCUT2D eigenvalue weighted by Gasteiger charge is -2.28. The second-order valence-corrected chi connectivity index (χ2v) is 5.27. The Kier molecular flexibility index (Phi) is 4.79. The molecule has 0 aromatic heterocycles.